The van der Waals surface area contributed by atoms with Crippen molar-refractivity contribution < 1.29 is 13.6 Å². The van der Waals surface area contributed by atoms with Crippen LogP contribution in [0.2, 0.25) is 0 Å². The average Bonchev–Trinajstić information content (AvgIpc) is 3.51. The molecule has 0 aliphatic rings. The van der Waals surface area contributed by atoms with E-state index in [9.17, 15) is 9.18 Å². The van der Waals surface area contributed by atoms with Gasteiger partial charge in [0.05, 0.1) is 12.8 Å². The van der Waals surface area contributed by atoms with Crippen LogP contribution in [0.5, 0.6) is 0 Å². The van der Waals surface area contributed by atoms with E-state index in [0.29, 0.717) is 49.9 Å². The van der Waals surface area contributed by atoms with Crippen LogP contribution < -0.4 is 10.2 Å². The zero-order valence-electron chi connectivity index (χ0n) is 18.0. The Morgan fingerprint density at radius 2 is 2.00 bits per heavy atom. The Balaban J connectivity index is 1.34. The first-order valence-corrected chi connectivity index (χ1v) is 11.4. The molecule has 4 rings (SSSR count). The van der Waals surface area contributed by atoms with Crippen LogP contribution in [0.1, 0.15) is 29.3 Å². The molecule has 0 spiro atoms. The van der Waals surface area contributed by atoms with Gasteiger partial charge in [0.15, 0.2) is 0 Å². The third kappa shape index (κ3) is 6.95. The van der Waals surface area contributed by atoms with Crippen molar-refractivity contribution in [1.82, 2.24) is 19.7 Å². The maximum absolute atomic E-state index is 13.1. The summed E-state index contributed by atoms with van der Waals surface area (Å²) in [5, 5.41) is 3.66. The smallest absolute Gasteiger partial charge is 0.221 e. The van der Waals surface area contributed by atoms with E-state index in [0.717, 1.165) is 17.0 Å². The van der Waals surface area contributed by atoms with Crippen LogP contribution in [0.4, 0.5) is 9.52 Å². The van der Waals surface area contributed by atoms with E-state index < -0.39 is 0 Å². The van der Waals surface area contributed by atoms with Gasteiger partial charge in [0.1, 0.15) is 17.4 Å². The highest BCUT2D eigenvalue weighted by Gasteiger charge is 2.16. The summed E-state index contributed by atoms with van der Waals surface area (Å²) in [6, 6.07) is 15.8. The van der Waals surface area contributed by atoms with Crippen LogP contribution in [0.15, 0.2) is 71.5 Å². The molecule has 3 aromatic heterocycles. The molecule has 0 saturated heterocycles. The molecule has 0 fully saturated rings. The molecule has 0 aliphatic carbocycles. The number of furan rings is 1. The Hall–Kier alpha value is -3.59. The summed E-state index contributed by atoms with van der Waals surface area (Å²) in [5.74, 6) is 1.13. The van der Waals surface area contributed by atoms with Gasteiger partial charge >= 0.3 is 0 Å². The highest BCUT2D eigenvalue weighted by atomic mass is 32.1. The van der Waals surface area contributed by atoms with Gasteiger partial charge in [0, 0.05) is 55.8 Å². The van der Waals surface area contributed by atoms with Crippen molar-refractivity contribution in [2.45, 2.75) is 25.8 Å². The van der Waals surface area contributed by atoms with E-state index in [1.165, 1.54) is 23.7 Å². The van der Waals surface area contributed by atoms with Gasteiger partial charge in [0.2, 0.25) is 11.0 Å². The largest absolute Gasteiger partial charge is 0.467 e. The second kappa shape index (κ2) is 11.3. The van der Waals surface area contributed by atoms with Crippen molar-refractivity contribution in [2.24, 2.45) is 0 Å². The summed E-state index contributed by atoms with van der Waals surface area (Å²) >= 11 is 1.28. The Morgan fingerprint density at radius 3 is 2.76 bits per heavy atom. The molecular formula is C24H24FN5O2S. The first-order chi connectivity index (χ1) is 16.2. The fraction of sp³-hybridized carbons (Fsp3) is 0.250. The van der Waals surface area contributed by atoms with Gasteiger partial charge < -0.3 is 14.6 Å². The van der Waals surface area contributed by atoms with E-state index in [1.807, 2.05) is 35.2 Å². The SMILES string of the molecule is O=C(CCN(Cc1ccco1)c1nc(Cc2ccc(F)cc2)ns1)NCCc1ccccn1. The van der Waals surface area contributed by atoms with Crippen molar-refractivity contribution >= 4 is 22.6 Å². The summed E-state index contributed by atoms with van der Waals surface area (Å²) in [4.78, 5) is 23.3. The summed E-state index contributed by atoms with van der Waals surface area (Å²) < 4.78 is 23.1. The van der Waals surface area contributed by atoms with Gasteiger partial charge in [-0.05, 0) is 42.0 Å². The van der Waals surface area contributed by atoms with Crippen molar-refractivity contribution in [3.63, 3.8) is 0 Å². The molecule has 33 heavy (non-hydrogen) atoms. The predicted octanol–water partition coefficient (Wildman–Crippen LogP) is 4.01. The Bertz CT molecular complexity index is 1130. The molecule has 3 heterocycles. The standard InChI is InChI=1S/C24H24FN5O2S/c25-19-8-6-18(7-9-19)16-22-28-24(33-29-22)30(17-21-5-3-15-32-21)14-11-23(31)27-13-10-20-4-1-2-12-26-20/h1-9,12,15H,10-11,13-14,16-17H2,(H,27,31). The minimum Gasteiger partial charge on any atom is -0.467 e. The number of benzene rings is 1. The highest BCUT2D eigenvalue weighted by Crippen LogP contribution is 2.22. The van der Waals surface area contributed by atoms with E-state index in [1.54, 1.807) is 24.6 Å². The van der Waals surface area contributed by atoms with Crippen LogP contribution >= 0.6 is 11.5 Å². The van der Waals surface area contributed by atoms with E-state index in [-0.39, 0.29) is 11.7 Å². The molecule has 1 amide bonds. The summed E-state index contributed by atoms with van der Waals surface area (Å²) in [6.45, 7) is 1.50. The van der Waals surface area contributed by atoms with Gasteiger partial charge in [-0.15, -0.1) is 0 Å². The van der Waals surface area contributed by atoms with Crippen LogP contribution in [0.25, 0.3) is 0 Å². The Kier molecular flexibility index (Phi) is 7.76. The van der Waals surface area contributed by atoms with Crippen molar-refractivity contribution in [1.29, 1.82) is 0 Å². The number of anilines is 1. The Labute approximate surface area is 195 Å². The van der Waals surface area contributed by atoms with Crippen LogP contribution in [0.3, 0.4) is 0 Å². The Morgan fingerprint density at radius 1 is 1.12 bits per heavy atom. The number of carbonyl (C=O) groups is 1. The number of nitrogens with zero attached hydrogens (tertiary/aromatic N) is 4. The second-order valence-electron chi connectivity index (χ2n) is 7.47. The molecule has 0 saturated carbocycles. The fourth-order valence-electron chi connectivity index (χ4n) is 3.26. The van der Waals surface area contributed by atoms with Crippen molar-refractivity contribution in [3.05, 3.63) is 95.7 Å². The summed E-state index contributed by atoms with van der Waals surface area (Å²) in [7, 11) is 0. The van der Waals surface area contributed by atoms with Gasteiger partial charge in [-0.1, -0.05) is 18.2 Å². The lowest BCUT2D eigenvalue weighted by Gasteiger charge is -2.20. The normalized spacial score (nSPS) is 10.8. The van der Waals surface area contributed by atoms with Crippen LogP contribution in [-0.4, -0.2) is 33.3 Å². The predicted molar refractivity (Wildman–Crippen MR) is 124 cm³/mol. The number of halogens is 1. The molecular weight excluding hydrogens is 441 g/mol. The molecule has 0 atom stereocenters. The molecule has 7 nitrogen and oxygen atoms in total. The maximum Gasteiger partial charge on any atom is 0.221 e. The number of amides is 1. The monoisotopic (exact) mass is 465 g/mol. The number of hydrogen-bond donors (Lipinski definition) is 1. The average molecular weight is 466 g/mol. The minimum atomic E-state index is -0.270. The molecule has 1 aromatic carbocycles. The lowest BCUT2D eigenvalue weighted by atomic mass is 10.1. The third-order valence-corrected chi connectivity index (χ3v) is 5.78. The molecule has 0 aliphatic heterocycles. The number of nitrogens with one attached hydrogen (secondary N) is 1. The molecule has 0 bridgehead atoms. The van der Waals surface area contributed by atoms with Crippen molar-refractivity contribution in [3.8, 4) is 0 Å². The fourth-order valence-corrected chi connectivity index (χ4v) is 3.97. The lowest BCUT2D eigenvalue weighted by Crippen LogP contribution is -2.31. The number of carbonyl (C=O) groups excluding carboxylic acids is 1. The quantitative estimate of drug-likeness (QED) is 0.360. The minimum absolute atomic E-state index is 0.0357. The van der Waals surface area contributed by atoms with E-state index in [2.05, 4.69) is 19.7 Å². The van der Waals surface area contributed by atoms with E-state index >= 15 is 0 Å². The number of aromatic nitrogens is 3. The first kappa shape index (κ1) is 22.6. The van der Waals surface area contributed by atoms with Gasteiger partial charge in [0.25, 0.3) is 0 Å². The van der Waals surface area contributed by atoms with Gasteiger partial charge in [-0.2, -0.15) is 4.37 Å². The van der Waals surface area contributed by atoms with Gasteiger partial charge in [-0.3, -0.25) is 9.78 Å². The van der Waals surface area contributed by atoms with Gasteiger partial charge in [-0.25, -0.2) is 9.37 Å². The second-order valence-corrected chi connectivity index (χ2v) is 8.20. The van der Waals surface area contributed by atoms with Crippen LogP contribution in [-0.2, 0) is 24.2 Å². The van der Waals surface area contributed by atoms with Crippen LogP contribution in [0, 0.1) is 5.82 Å². The zero-order valence-corrected chi connectivity index (χ0v) is 18.8. The highest BCUT2D eigenvalue weighted by molar-refractivity contribution is 7.09. The molecule has 0 unspecified atom stereocenters. The third-order valence-electron chi connectivity index (χ3n) is 4.97. The number of pyridine rings is 1. The first-order valence-electron chi connectivity index (χ1n) is 10.7. The lowest BCUT2D eigenvalue weighted by molar-refractivity contribution is -0.120. The van der Waals surface area contributed by atoms with E-state index in [4.69, 9.17) is 4.42 Å². The molecule has 1 N–H and O–H groups in total. The molecule has 0 radical (unpaired) electrons. The summed E-state index contributed by atoms with van der Waals surface area (Å²) in [6.07, 6.45) is 4.88. The zero-order chi connectivity index (χ0) is 22.9. The number of rotatable bonds is 11. The topological polar surface area (TPSA) is 84.2 Å². The molecule has 170 valence electrons. The number of hydrogen-bond acceptors (Lipinski definition) is 7. The summed E-state index contributed by atoms with van der Waals surface area (Å²) in [5.41, 5.74) is 1.88. The maximum atomic E-state index is 13.1. The molecule has 4 aromatic rings. The molecule has 9 heteroatoms. The van der Waals surface area contributed by atoms with Crippen molar-refractivity contribution in [2.75, 3.05) is 18.0 Å².